The molecule has 2 rings (SSSR count). The largest absolute Gasteiger partial charge is 0.461 e. The van der Waals surface area contributed by atoms with E-state index in [9.17, 15) is 0 Å². The zero-order valence-corrected chi connectivity index (χ0v) is 7.61. The number of aromatic nitrogens is 2. The fourth-order valence-corrected chi connectivity index (χ4v) is 1.04. The molecule has 0 fully saturated rings. The number of nitrogens with zero attached hydrogens (tertiary/aromatic N) is 2. The first-order valence-electron chi connectivity index (χ1n) is 3.32. The second-order valence-corrected chi connectivity index (χ2v) is 2.68. The first-order chi connectivity index (χ1) is 5.90. The molecule has 0 aliphatic heterocycles. The van der Waals surface area contributed by atoms with Crippen LogP contribution in [0.3, 0.4) is 0 Å². The highest BCUT2D eigenvalue weighted by molar-refractivity contribution is 9.08. The lowest BCUT2D eigenvalue weighted by atomic mass is 10.4. The maximum atomic E-state index is 5.08. The average molecular weight is 229 g/mol. The minimum absolute atomic E-state index is 0.481. The predicted octanol–water partition coefficient (Wildman–Crippen LogP) is 2.22. The number of halogens is 1. The Hall–Kier alpha value is -1.10. The zero-order chi connectivity index (χ0) is 8.39. The van der Waals surface area contributed by atoms with Crippen molar-refractivity contribution in [3.05, 3.63) is 24.3 Å². The molecule has 0 saturated heterocycles. The smallest absolute Gasteiger partial charge is 0.238 e. The number of hydrogen-bond acceptors (Lipinski definition) is 4. The van der Waals surface area contributed by atoms with Gasteiger partial charge in [0.1, 0.15) is 0 Å². The Labute approximate surface area is 76.7 Å². The van der Waals surface area contributed by atoms with E-state index in [-0.39, 0.29) is 0 Å². The molecule has 2 aromatic rings. The minimum atomic E-state index is 0.481. The van der Waals surface area contributed by atoms with Crippen LogP contribution in [-0.4, -0.2) is 10.1 Å². The maximum absolute atomic E-state index is 5.08. The maximum Gasteiger partial charge on any atom is 0.238 e. The number of furan rings is 1. The normalized spacial score (nSPS) is 10.4. The van der Waals surface area contributed by atoms with Crippen molar-refractivity contribution in [2.75, 3.05) is 0 Å². The summed E-state index contributed by atoms with van der Waals surface area (Å²) in [7, 11) is 0. The summed E-state index contributed by atoms with van der Waals surface area (Å²) in [4.78, 5) is 4.05. The van der Waals surface area contributed by atoms with Gasteiger partial charge in [-0.2, -0.15) is 4.98 Å². The summed E-state index contributed by atoms with van der Waals surface area (Å²) in [5, 5.41) is 4.28. The highest BCUT2D eigenvalue weighted by atomic mass is 79.9. The molecule has 0 unspecified atom stereocenters. The summed E-state index contributed by atoms with van der Waals surface area (Å²) in [6.45, 7) is 0. The molecule has 12 heavy (non-hydrogen) atoms. The summed E-state index contributed by atoms with van der Waals surface area (Å²) in [5.74, 6) is 1.64. The van der Waals surface area contributed by atoms with Gasteiger partial charge >= 0.3 is 0 Å². The summed E-state index contributed by atoms with van der Waals surface area (Å²) in [6.07, 6.45) is 1.57. The van der Waals surface area contributed by atoms with Crippen LogP contribution >= 0.6 is 15.9 Å². The van der Waals surface area contributed by atoms with E-state index in [0.717, 1.165) is 0 Å². The third-order valence-electron chi connectivity index (χ3n) is 1.32. The molecule has 0 aliphatic rings. The van der Waals surface area contributed by atoms with Gasteiger partial charge in [0.2, 0.25) is 11.7 Å². The van der Waals surface area contributed by atoms with Crippen molar-refractivity contribution in [2.24, 2.45) is 0 Å². The Morgan fingerprint density at radius 1 is 1.50 bits per heavy atom. The van der Waals surface area contributed by atoms with E-state index >= 15 is 0 Å². The molecule has 0 saturated carbocycles. The average Bonchev–Trinajstić information content (AvgIpc) is 2.75. The van der Waals surface area contributed by atoms with Gasteiger partial charge in [-0.05, 0) is 12.1 Å². The van der Waals surface area contributed by atoms with Gasteiger partial charge in [0.05, 0.1) is 11.6 Å². The molecule has 62 valence electrons. The number of alkyl halides is 1. The molecule has 4 nitrogen and oxygen atoms in total. The Bertz CT molecular complexity index is 355. The first-order valence-corrected chi connectivity index (χ1v) is 4.44. The van der Waals surface area contributed by atoms with Crippen molar-refractivity contribution >= 4 is 15.9 Å². The molecule has 0 N–H and O–H groups in total. The molecule has 0 aliphatic carbocycles. The monoisotopic (exact) mass is 228 g/mol. The summed E-state index contributed by atoms with van der Waals surface area (Å²) in [6, 6.07) is 3.56. The van der Waals surface area contributed by atoms with Crippen LogP contribution in [0.1, 0.15) is 5.89 Å². The van der Waals surface area contributed by atoms with Crippen LogP contribution in [0, 0.1) is 0 Å². The molecule has 0 amide bonds. The molecule has 0 radical (unpaired) electrons. The number of hydrogen-bond donors (Lipinski definition) is 0. The van der Waals surface area contributed by atoms with Gasteiger partial charge in [0, 0.05) is 0 Å². The van der Waals surface area contributed by atoms with Gasteiger partial charge in [0.25, 0.3) is 0 Å². The molecule has 2 aromatic heterocycles. The highest BCUT2D eigenvalue weighted by Crippen LogP contribution is 2.16. The highest BCUT2D eigenvalue weighted by Gasteiger charge is 2.08. The van der Waals surface area contributed by atoms with Gasteiger partial charge in [-0.15, -0.1) is 0 Å². The van der Waals surface area contributed by atoms with Crippen molar-refractivity contribution in [2.45, 2.75) is 5.33 Å². The van der Waals surface area contributed by atoms with E-state index in [4.69, 9.17) is 8.94 Å². The van der Waals surface area contributed by atoms with Crippen molar-refractivity contribution < 1.29 is 8.94 Å². The topological polar surface area (TPSA) is 52.1 Å². The van der Waals surface area contributed by atoms with E-state index < -0.39 is 0 Å². The van der Waals surface area contributed by atoms with Crippen molar-refractivity contribution in [3.8, 4) is 11.6 Å². The lowest BCUT2D eigenvalue weighted by molar-refractivity contribution is 0.391. The van der Waals surface area contributed by atoms with Crippen LogP contribution in [0.5, 0.6) is 0 Å². The van der Waals surface area contributed by atoms with Crippen LogP contribution in [0.4, 0.5) is 0 Å². The quantitative estimate of drug-likeness (QED) is 0.741. The molecule has 0 bridgehead atoms. The third-order valence-corrected chi connectivity index (χ3v) is 1.80. The lowest BCUT2D eigenvalue weighted by Gasteiger charge is -1.81. The fourth-order valence-electron chi connectivity index (χ4n) is 0.815. The predicted molar refractivity (Wildman–Crippen MR) is 44.6 cm³/mol. The number of rotatable bonds is 2. The summed E-state index contributed by atoms with van der Waals surface area (Å²) < 4.78 is 9.95. The van der Waals surface area contributed by atoms with Crippen molar-refractivity contribution in [1.29, 1.82) is 0 Å². The molecule has 0 atom stereocenters. The second-order valence-electron chi connectivity index (χ2n) is 2.12. The van der Waals surface area contributed by atoms with E-state index in [1.165, 1.54) is 0 Å². The van der Waals surface area contributed by atoms with E-state index in [2.05, 4.69) is 26.1 Å². The van der Waals surface area contributed by atoms with Crippen molar-refractivity contribution in [3.63, 3.8) is 0 Å². The fraction of sp³-hybridized carbons (Fsp3) is 0.143. The van der Waals surface area contributed by atoms with E-state index in [1.54, 1.807) is 18.4 Å². The minimum Gasteiger partial charge on any atom is -0.461 e. The Balaban J connectivity index is 2.35. The summed E-state index contributed by atoms with van der Waals surface area (Å²) in [5.41, 5.74) is 0. The molecule has 2 heterocycles. The third kappa shape index (κ3) is 1.27. The van der Waals surface area contributed by atoms with E-state index in [0.29, 0.717) is 22.8 Å². The van der Waals surface area contributed by atoms with Gasteiger partial charge in [-0.3, -0.25) is 0 Å². The van der Waals surface area contributed by atoms with Gasteiger partial charge in [0.15, 0.2) is 5.76 Å². The van der Waals surface area contributed by atoms with Crippen LogP contribution in [-0.2, 0) is 5.33 Å². The first kappa shape index (κ1) is 7.54. The Morgan fingerprint density at radius 3 is 3.00 bits per heavy atom. The molecular formula is C7H5BrN2O2. The standard InChI is InChI=1S/C7H5BrN2O2/c8-4-6-9-7(10-12-6)5-2-1-3-11-5/h1-3H,4H2. The Morgan fingerprint density at radius 2 is 2.42 bits per heavy atom. The van der Waals surface area contributed by atoms with E-state index in [1.807, 2.05) is 0 Å². The second kappa shape index (κ2) is 3.10. The summed E-state index contributed by atoms with van der Waals surface area (Å²) >= 11 is 3.21. The van der Waals surface area contributed by atoms with Crippen molar-refractivity contribution in [1.82, 2.24) is 10.1 Å². The zero-order valence-electron chi connectivity index (χ0n) is 6.03. The SMILES string of the molecule is BrCc1nc(-c2ccco2)no1. The van der Waals surface area contributed by atoms with Gasteiger partial charge in [-0.1, -0.05) is 21.1 Å². The lowest BCUT2D eigenvalue weighted by Crippen LogP contribution is -1.77. The van der Waals surface area contributed by atoms with Gasteiger partial charge < -0.3 is 8.94 Å². The molecular weight excluding hydrogens is 224 g/mol. The Kier molecular flexibility index (Phi) is 1.95. The van der Waals surface area contributed by atoms with Crippen LogP contribution in [0.25, 0.3) is 11.6 Å². The molecule has 0 spiro atoms. The van der Waals surface area contributed by atoms with Crippen LogP contribution in [0.15, 0.2) is 27.3 Å². The molecule has 5 heteroatoms. The van der Waals surface area contributed by atoms with Gasteiger partial charge in [-0.25, -0.2) is 0 Å². The van der Waals surface area contributed by atoms with Crippen LogP contribution in [0.2, 0.25) is 0 Å². The van der Waals surface area contributed by atoms with Crippen LogP contribution < -0.4 is 0 Å². The molecule has 0 aromatic carbocycles.